The summed E-state index contributed by atoms with van der Waals surface area (Å²) in [6, 6.07) is 21.7. The zero-order valence-corrected chi connectivity index (χ0v) is 17.7. The van der Waals surface area contributed by atoms with Gasteiger partial charge in [-0.3, -0.25) is 10.1 Å². The fourth-order valence-corrected chi connectivity index (χ4v) is 4.84. The molecule has 0 aromatic heterocycles. The average molecular weight is 438 g/mol. The van der Waals surface area contributed by atoms with Gasteiger partial charge in [0, 0.05) is 37.5 Å². The van der Waals surface area contributed by atoms with Crippen LogP contribution in [0.5, 0.6) is 0 Å². The minimum atomic E-state index is -3.80. The third kappa shape index (κ3) is 4.92. The topological polar surface area (TPSA) is 92.5 Å². The molecule has 0 radical (unpaired) electrons. The Kier molecular flexibility index (Phi) is 6.01. The van der Waals surface area contributed by atoms with Crippen LogP contribution in [0.15, 0.2) is 77.7 Å². The molecule has 0 unspecified atom stereocenters. The van der Waals surface area contributed by atoms with Crippen LogP contribution in [0.4, 0.5) is 11.4 Å². The van der Waals surface area contributed by atoms with E-state index in [1.54, 1.807) is 0 Å². The van der Waals surface area contributed by atoms with Gasteiger partial charge in [0.05, 0.1) is 9.82 Å². The first-order valence-electron chi connectivity index (χ1n) is 10.1. The van der Waals surface area contributed by atoms with Crippen LogP contribution in [0, 0.1) is 10.1 Å². The van der Waals surface area contributed by atoms with Gasteiger partial charge in [-0.1, -0.05) is 42.5 Å². The van der Waals surface area contributed by atoms with Gasteiger partial charge in [0.25, 0.3) is 5.69 Å². The predicted molar refractivity (Wildman–Crippen MR) is 120 cm³/mol. The molecule has 0 spiro atoms. The van der Waals surface area contributed by atoms with Crippen LogP contribution in [0.1, 0.15) is 16.7 Å². The number of nitrogens with one attached hydrogen (secondary N) is 1. The van der Waals surface area contributed by atoms with E-state index < -0.39 is 14.9 Å². The Labute approximate surface area is 181 Å². The maximum Gasteiger partial charge on any atom is 0.270 e. The lowest BCUT2D eigenvalue weighted by molar-refractivity contribution is -0.385. The van der Waals surface area contributed by atoms with E-state index >= 15 is 0 Å². The van der Waals surface area contributed by atoms with Crippen molar-refractivity contribution >= 4 is 21.4 Å². The van der Waals surface area contributed by atoms with Crippen LogP contribution in [-0.4, -0.2) is 26.4 Å². The molecule has 3 aromatic carbocycles. The highest BCUT2D eigenvalue weighted by molar-refractivity contribution is 7.89. The third-order valence-corrected chi connectivity index (χ3v) is 6.94. The predicted octanol–water partition coefficient (Wildman–Crippen LogP) is 3.68. The standard InChI is InChI=1S/C23H23N3O4S/c27-26(28)22-6-3-7-23(16-22)31(29,30)24-14-12-18-8-10-21(11-9-18)25-15-13-19-4-1-2-5-20(19)17-25/h1-11,16,24H,12-15,17H2. The lowest BCUT2D eigenvalue weighted by Gasteiger charge is -2.30. The van der Waals surface area contributed by atoms with Gasteiger partial charge >= 0.3 is 0 Å². The van der Waals surface area contributed by atoms with E-state index in [2.05, 4.69) is 46.0 Å². The molecule has 8 heteroatoms. The fourth-order valence-electron chi connectivity index (χ4n) is 3.77. The first-order chi connectivity index (χ1) is 14.9. The van der Waals surface area contributed by atoms with Crippen molar-refractivity contribution in [2.24, 2.45) is 0 Å². The normalized spacial score (nSPS) is 13.6. The van der Waals surface area contributed by atoms with E-state index in [4.69, 9.17) is 0 Å². The van der Waals surface area contributed by atoms with E-state index in [1.807, 2.05) is 12.1 Å². The molecule has 4 rings (SSSR count). The molecule has 0 aliphatic carbocycles. The molecule has 0 fully saturated rings. The molecule has 0 amide bonds. The molecule has 160 valence electrons. The Hall–Kier alpha value is -3.23. The Morgan fingerprint density at radius 2 is 1.71 bits per heavy atom. The van der Waals surface area contributed by atoms with Crippen LogP contribution in [0.2, 0.25) is 0 Å². The van der Waals surface area contributed by atoms with E-state index in [1.165, 1.54) is 29.3 Å². The van der Waals surface area contributed by atoms with Crippen molar-refractivity contribution in [3.8, 4) is 0 Å². The van der Waals surface area contributed by atoms with Crippen LogP contribution in [-0.2, 0) is 29.4 Å². The maximum atomic E-state index is 12.4. The lowest BCUT2D eigenvalue weighted by atomic mass is 9.99. The molecule has 1 aliphatic heterocycles. The van der Waals surface area contributed by atoms with Crippen molar-refractivity contribution in [3.63, 3.8) is 0 Å². The Morgan fingerprint density at radius 3 is 2.45 bits per heavy atom. The van der Waals surface area contributed by atoms with E-state index in [-0.39, 0.29) is 17.1 Å². The van der Waals surface area contributed by atoms with Crippen LogP contribution < -0.4 is 9.62 Å². The number of nitro groups is 1. The highest BCUT2D eigenvalue weighted by Crippen LogP contribution is 2.24. The summed E-state index contributed by atoms with van der Waals surface area (Å²) in [6.45, 7) is 2.07. The number of sulfonamides is 1. The summed E-state index contributed by atoms with van der Waals surface area (Å²) >= 11 is 0. The van der Waals surface area contributed by atoms with Crippen molar-refractivity contribution in [1.29, 1.82) is 0 Å². The van der Waals surface area contributed by atoms with Gasteiger partial charge in [0.15, 0.2) is 0 Å². The zero-order valence-electron chi connectivity index (χ0n) is 16.9. The number of non-ortho nitro benzene ring substituents is 1. The number of rotatable bonds is 7. The average Bonchev–Trinajstić information content (AvgIpc) is 2.79. The van der Waals surface area contributed by atoms with Crippen molar-refractivity contribution in [2.45, 2.75) is 24.3 Å². The van der Waals surface area contributed by atoms with Crippen LogP contribution in [0.25, 0.3) is 0 Å². The van der Waals surface area contributed by atoms with Crippen molar-refractivity contribution < 1.29 is 13.3 Å². The van der Waals surface area contributed by atoms with Gasteiger partial charge in [-0.2, -0.15) is 0 Å². The second kappa shape index (κ2) is 8.87. The molecule has 31 heavy (non-hydrogen) atoms. The Bertz CT molecular complexity index is 1190. The number of hydrogen-bond acceptors (Lipinski definition) is 5. The van der Waals surface area contributed by atoms with E-state index in [9.17, 15) is 18.5 Å². The molecular formula is C23H23N3O4S. The molecule has 3 aromatic rings. The molecule has 1 aliphatic rings. The first kappa shape index (κ1) is 21.0. The van der Waals surface area contributed by atoms with Crippen LogP contribution >= 0.6 is 0 Å². The summed E-state index contributed by atoms with van der Waals surface area (Å²) in [4.78, 5) is 12.5. The SMILES string of the molecule is O=[N+]([O-])c1cccc(S(=O)(=O)NCCc2ccc(N3CCc4ccccc4C3)cc2)c1. The van der Waals surface area contributed by atoms with Gasteiger partial charge in [-0.05, 0) is 47.7 Å². The van der Waals surface area contributed by atoms with E-state index in [0.29, 0.717) is 6.42 Å². The number of fused-ring (bicyclic) bond motifs is 1. The van der Waals surface area contributed by atoms with Crippen molar-refractivity contribution in [1.82, 2.24) is 4.72 Å². The van der Waals surface area contributed by atoms with Crippen LogP contribution in [0.3, 0.4) is 0 Å². The molecule has 0 saturated carbocycles. The largest absolute Gasteiger partial charge is 0.367 e. The summed E-state index contributed by atoms with van der Waals surface area (Å²) < 4.78 is 27.4. The highest BCUT2D eigenvalue weighted by Gasteiger charge is 2.18. The van der Waals surface area contributed by atoms with Gasteiger partial charge < -0.3 is 4.90 Å². The lowest BCUT2D eigenvalue weighted by Crippen LogP contribution is -2.30. The quantitative estimate of drug-likeness (QED) is 0.450. The summed E-state index contributed by atoms with van der Waals surface area (Å²) in [7, 11) is -3.80. The molecule has 1 N–H and O–H groups in total. The molecule has 7 nitrogen and oxygen atoms in total. The van der Waals surface area contributed by atoms with Crippen molar-refractivity contribution in [3.05, 3.63) is 99.6 Å². The number of hydrogen-bond donors (Lipinski definition) is 1. The second-order valence-corrected chi connectivity index (χ2v) is 9.28. The molecular weight excluding hydrogens is 414 g/mol. The number of anilines is 1. The number of benzene rings is 3. The third-order valence-electron chi connectivity index (χ3n) is 5.48. The monoisotopic (exact) mass is 437 g/mol. The fraction of sp³-hybridized carbons (Fsp3) is 0.217. The Balaban J connectivity index is 1.35. The zero-order chi connectivity index (χ0) is 21.8. The Morgan fingerprint density at radius 1 is 0.968 bits per heavy atom. The van der Waals surface area contributed by atoms with Gasteiger partial charge in [0.1, 0.15) is 0 Å². The summed E-state index contributed by atoms with van der Waals surface area (Å²) in [5.74, 6) is 0. The second-order valence-electron chi connectivity index (χ2n) is 7.51. The van der Waals surface area contributed by atoms with Gasteiger partial charge in [-0.25, -0.2) is 13.1 Å². The minimum Gasteiger partial charge on any atom is -0.367 e. The summed E-state index contributed by atoms with van der Waals surface area (Å²) in [6.07, 6.45) is 1.55. The number of nitro benzene ring substituents is 1. The maximum absolute atomic E-state index is 12.4. The molecule has 0 atom stereocenters. The number of nitrogens with zero attached hydrogens (tertiary/aromatic N) is 2. The van der Waals surface area contributed by atoms with Crippen molar-refractivity contribution in [2.75, 3.05) is 18.0 Å². The molecule has 0 saturated heterocycles. The molecule has 1 heterocycles. The minimum absolute atomic E-state index is 0.109. The first-order valence-corrected chi connectivity index (χ1v) is 11.6. The summed E-state index contributed by atoms with van der Waals surface area (Å²) in [5.41, 5.74) is 4.68. The van der Waals surface area contributed by atoms with E-state index in [0.717, 1.165) is 36.8 Å². The van der Waals surface area contributed by atoms with Gasteiger partial charge in [0.2, 0.25) is 10.0 Å². The highest BCUT2D eigenvalue weighted by atomic mass is 32.2. The van der Waals surface area contributed by atoms with Gasteiger partial charge in [-0.15, -0.1) is 0 Å². The molecule has 0 bridgehead atoms. The smallest absolute Gasteiger partial charge is 0.270 e. The summed E-state index contributed by atoms with van der Waals surface area (Å²) in [5, 5.41) is 10.9.